The summed E-state index contributed by atoms with van der Waals surface area (Å²) in [4.78, 5) is 11.4. The number of benzene rings is 2. The molecule has 0 aromatic heterocycles. The molecule has 0 bridgehead atoms. The average Bonchev–Trinajstić information content (AvgIpc) is 2.43. The first-order chi connectivity index (χ1) is 9.88. The molecule has 2 rings (SSSR count). The van der Waals surface area contributed by atoms with Gasteiger partial charge in [-0.3, -0.25) is 9.00 Å². The Balaban J connectivity index is 2.33. The molecule has 7 heteroatoms. The molecule has 0 aliphatic carbocycles. The number of primary amides is 1. The van der Waals surface area contributed by atoms with Gasteiger partial charge in [-0.1, -0.05) is 11.6 Å². The molecule has 4 nitrogen and oxygen atoms in total. The van der Waals surface area contributed by atoms with Crippen molar-refractivity contribution in [2.24, 2.45) is 5.73 Å². The molecule has 0 aliphatic heterocycles. The second-order valence-corrected chi connectivity index (χ2v) is 6.20. The molecule has 1 amide bonds. The average molecular weight is 327 g/mol. The minimum atomic E-state index is -1.59. The monoisotopic (exact) mass is 326 g/mol. The van der Waals surface area contributed by atoms with E-state index in [0.717, 1.165) is 6.07 Å². The van der Waals surface area contributed by atoms with E-state index in [2.05, 4.69) is 0 Å². The Hall–Kier alpha value is -1.92. The van der Waals surface area contributed by atoms with Gasteiger partial charge < -0.3 is 11.5 Å². The predicted molar refractivity (Wildman–Crippen MR) is 80.9 cm³/mol. The van der Waals surface area contributed by atoms with Gasteiger partial charge in [0.15, 0.2) is 0 Å². The van der Waals surface area contributed by atoms with Crippen molar-refractivity contribution in [1.29, 1.82) is 0 Å². The third-order valence-electron chi connectivity index (χ3n) is 2.84. The lowest BCUT2D eigenvalue weighted by atomic mass is 10.1. The van der Waals surface area contributed by atoms with E-state index in [-0.39, 0.29) is 16.9 Å². The third-order valence-corrected chi connectivity index (χ3v) is 4.49. The van der Waals surface area contributed by atoms with Crippen LogP contribution in [0.4, 0.5) is 10.1 Å². The van der Waals surface area contributed by atoms with E-state index in [1.54, 1.807) is 6.07 Å². The van der Waals surface area contributed by atoms with Crippen molar-refractivity contribution in [3.8, 4) is 0 Å². The molecule has 4 N–H and O–H groups in total. The smallest absolute Gasteiger partial charge is 0.248 e. The number of nitrogens with two attached hydrogens (primary N) is 2. The zero-order chi connectivity index (χ0) is 15.6. The molecule has 2 aromatic carbocycles. The van der Waals surface area contributed by atoms with Crippen molar-refractivity contribution in [2.75, 3.05) is 5.73 Å². The Morgan fingerprint density at radius 2 is 1.95 bits per heavy atom. The fourth-order valence-electron chi connectivity index (χ4n) is 1.76. The van der Waals surface area contributed by atoms with Crippen LogP contribution in [-0.2, 0) is 16.6 Å². The molecule has 0 saturated carbocycles. The first-order valence-electron chi connectivity index (χ1n) is 5.90. The number of carbonyl (C=O) groups is 1. The summed E-state index contributed by atoms with van der Waals surface area (Å²) in [6.45, 7) is 0. The maximum Gasteiger partial charge on any atom is 0.248 e. The van der Waals surface area contributed by atoms with E-state index in [4.69, 9.17) is 23.1 Å². The van der Waals surface area contributed by atoms with Gasteiger partial charge in [-0.15, -0.1) is 0 Å². The number of amides is 1. The van der Waals surface area contributed by atoms with Crippen molar-refractivity contribution in [2.45, 2.75) is 10.6 Å². The molecule has 1 atom stereocenters. The summed E-state index contributed by atoms with van der Waals surface area (Å²) >= 11 is 5.84. The van der Waals surface area contributed by atoms with E-state index in [9.17, 15) is 13.4 Å². The molecule has 110 valence electrons. The lowest BCUT2D eigenvalue weighted by Crippen LogP contribution is -2.12. The summed E-state index contributed by atoms with van der Waals surface area (Å²) in [6.07, 6.45) is 0. The van der Waals surface area contributed by atoms with Crippen LogP contribution in [0, 0.1) is 5.82 Å². The van der Waals surface area contributed by atoms with Crippen LogP contribution in [0.2, 0.25) is 5.02 Å². The number of nitrogen functional groups attached to an aromatic ring is 1. The first-order valence-corrected chi connectivity index (χ1v) is 7.60. The topological polar surface area (TPSA) is 86.2 Å². The minimum Gasteiger partial charge on any atom is -0.398 e. The highest BCUT2D eigenvalue weighted by atomic mass is 35.5. The zero-order valence-electron chi connectivity index (χ0n) is 10.8. The normalized spacial score (nSPS) is 12.1. The fourth-order valence-corrected chi connectivity index (χ4v) is 3.25. The summed E-state index contributed by atoms with van der Waals surface area (Å²) in [7, 11) is -1.59. The van der Waals surface area contributed by atoms with E-state index in [0.29, 0.717) is 15.6 Å². The molecule has 0 heterocycles. The molecule has 0 aliphatic rings. The number of halogens is 2. The lowest BCUT2D eigenvalue weighted by Gasteiger charge is -2.08. The summed E-state index contributed by atoms with van der Waals surface area (Å²) in [5.74, 6) is -1.37. The highest BCUT2D eigenvalue weighted by Crippen LogP contribution is 2.24. The molecule has 21 heavy (non-hydrogen) atoms. The van der Waals surface area contributed by atoms with Gasteiger partial charge in [0, 0.05) is 21.8 Å². The summed E-state index contributed by atoms with van der Waals surface area (Å²) < 4.78 is 26.1. The number of hydrogen-bond donors (Lipinski definition) is 2. The zero-order valence-corrected chi connectivity index (χ0v) is 12.4. The highest BCUT2D eigenvalue weighted by Gasteiger charge is 2.14. The summed E-state index contributed by atoms with van der Waals surface area (Å²) in [6, 6.07) is 8.27. The van der Waals surface area contributed by atoms with Crippen molar-refractivity contribution >= 4 is 34.0 Å². The Kier molecular flexibility index (Phi) is 4.59. The molecule has 2 aromatic rings. The Labute approximate surface area is 128 Å². The van der Waals surface area contributed by atoms with Crippen LogP contribution < -0.4 is 11.5 Å². The van der Waals surface area contributed by atoms with E-state index in [1.165, 1.54) is 24.3 Å². The first kappa shape index (κ1) is 15.5. The Morgan fingerprint density at radius 1 is 1.24 bits per heavy atom. The highest BCUT2D eigenvalue weighted by molar-refractivity contribution is 7.84. The van der Waals surface area contributed by atoms with Crippen molar-refractivity contribution in [3.05, 3.63) is 58.4 Å². The SMILES string of the molecule is NC(=O)c1ccc(F)c(CS(=O)c2cc(Cl)ccc2N)c1. The van der Waals surface area contributed by atoms with Gasteiger partial charge in [-0.25, -0.2) is 4.39 Å². The van der Waals surface area contributed by atoms with Crippen LogP contribution in [0.1, 0.15) is 15.9 Å². The fraction of sp³-hybridized carbons (Fsp3) is 0.0714. The molecule has 0 saturated heterocycles. The third kappa shape index (κ3) is 3.59. The number of hydrogen-bond acceptors (Lipinski definition) is 3. The number of carbonyl (C=O) groups excluding carboxylic acids is 1. The number of rotatable bonds is 4. The van der Waals surface area contributed by atoms with Gasteiger partial charge in [0.1, 0.15) is 5.82 Å². The van der Waals surface area contributed by atoms with Crippen LogP contribution in [-0.4, -0.2) is 10.1 Å². The van der Waals surface area contributed by atoms with E-state index < -0.39 is 22.5 Å². The van der Waals surface area contributed by atoms with Crippen molar-refractivity contribution in [1.82, 2.24) is 0 Å². The van der Waals surface area contributed by atoms with Gasteiger partial charge in [0.25, 0.3) is 0 Å². The van der Waals surface area contributed by atoms with Crippen LogP contribution in [0.25, 0.3) is 0 Å². The Bertz CT molecular complexity index is 737. The maximum absolute atomic E-state index is 13.7. The molecular formula is C14H12ClFN2O2S. The van der Waals surface area contributed by atoms with Crippen LogP contribution in [0.3, 0.4) is 0 Å². The quantitative estimate of drug-likeness (QED) is 0.846. The van der Waals surface area contributed by atoms with Crippen LogP contribution >= 0.6 is 11.6 Å². The molecule has 1 unspecified atom stereocenters. The Morgan fingerprint density at radius 3 is 2.62 bits per heavy atom. The molecule has 0 spiro atoms. The van der Waals surface area contributed by atoms with Gasteiger partial charge in [-0.2, -0.15) is 0 Å². The number of anilines is 1. The van der Waals surface area contributed by atoms with Gasteiger partial charge in [0.05, 0.1) is 21.4 Å². The van der Waals surface area contributed by atoms with E-state index >= 15 is 0 Å². The lowest BCUT2D eigenvalue weighted by molar-refractivity contribution is 0.1000. The largest absolute Gasteiger partial charge is 0.398 e. The van der Waals surface area contributed by atoms with Crippen LogP contribution in [0.15, 0.2) is 41.3 Å². The summed E-state index contributed by atoms with van der Waals surface area (Å²) in [5, 5.41) is 0.388. The maximum atomic E-state index is 13.7. The minimum absolute atomic E-state index is 0.127. The van der Waals surface area contributed by atoms with Gasteiger partial charge >= 0.3 is 0 Å². The van der Waals surface area contributed by atoms with Gasteiger partial charge in [0.2, 0.25) is 5.91 Å². The van der Waals surface area contributed by atoms with E-state index in [1.807, 2.05) is 0 Å². The molecular weight excluding hydrogens is 315 g/mol. The second-order valence-electron chi connectivity index (χ2n) is 4.34. The van der Waals surface area contributed by atoms with Crippen molar-refractivity contribution in [3.63, 3.8) is 0 Å². The standard InChI is InChI=1S/C14H12ClFN2O2S/c15-10-2-4-12(17)13(6-10)21(20)7-9-5-8(14(18)19)1-3-11(9)16/h1-6H,7,17H2,(H2,18,19). The molecule has 0 radical (unpaired) electrons. The van der Waals surface area contributed by atoms with Crippen molar-refractivity contribution < 1.29 is 13.4 Å². The second kappa shape index (κ2) is 6.24. The van der Waals surface area contributed by atoms with Crippen LogP contribution in [0.5, 0.6) is 0 Å². The molecule has 0 fully saturated rings. The summed E-state index contributed by atoms with van der Waals surface area (Å²) in [5.41, 5.74) is 11.5. The predicted octanol–water partition coefficient (Wildman–Crippen LogP) is 2.47. The van der Waals surface area contributed by atoms with Gasteiger partial charge in [-0.05, 0) is 36.4 Å².